The van der Waals surface area contributed by atoms with Crippen LogP contribution in [0.25, 0.3) is 11.0 Å². The number of imide groups is 1. The van der Waals surface area contributed by atoms with Gasteiger partial charge in [0.05, 0.1) is 23.2 Å². The van der Waals surface area contributed by atoms with Crippen LogP contribution in [0.15, 0.2) is 45.6 Å². The van der Waals surface area contributed by atoms with Crippen LogP contribution in [-0.2, 0) is 11.3 Å². The van der Waals surface area contributed by atoms with E-state index in [2.05, 4.69) is 0 Å². The highest BCUT2D eigenvalue weighted by Gasteiger charge is 2.36. The number of carbonyl (C=O) groups is 3. The lowest BCUT2D eigenvalue weighted by Crippen LogP contribution is -2.31. The van der Waals surface area contributed by atoms with Crippen molar-refractivity contribution in [3.8, 4) is 5.75 Å². The normalized spacial score (nSPS) is 13.1. The van der Waals surface area contributed by atoms with Crippen molar-refractivity contribution in [2.24, 2.45) is 0 Å². The molecule has 30 heavy (non-hydrogen) atoms. The lowest BCUT2D eigenvalue weighted by Gasteiger charge is -2.16. The zero-order valence-corrected chi connectivity index (χ0v) is 16.8. The Balaban J connectivity index is 1.74. The van der Waals surface area contributed by atoms with Crippen LogP contribution in [0, 0.1) is 13.8 Å². The predicted molar refractivity (Wildman–Crippen MR) is 109 cm³/mol. The van der Waals surface area contributed by atoms with Gasteiger partial charge in [-0.15, -0.1) is 0 Å². The molecule has 1 aliphatic heterocycles. The molecule has 1 aliphatic rings. The van der Waals surface area contributed by atoms with Crippen molar-refractivity contribution in [1.82, 2.24) is 4.90 Å². The Kier molecular flexibility index (Phi) is 4.73. The Morgan fingerprint density at radius 3 is 2.20 bits per heavy atom. The number of ketones is 1. The van der Waals surface area contributed by atoms with Crippen LogP contribution in [0.5, 0.6) is 5.75 Å². The van der Waals surface area contributed by atoms with E-state index in [0.29, 0.717) is 39.0 Å². The minimum atomic E-state index is -0.622. The minimum absolute atomic E-state index is 0.0760. The van der Waals surface area contributed by atoms with E-state index in [1.165, 1.54) is 6.92 Å². The Morgan fingerprint density at radius 1 is 0.967 bits per heavy atom. The van der Waals surface area contributed by atoms with E-state index >= 15 is 0 Å². The summed E-state index contributed by atoms with van der Waals surface area (Å²) >= 11 is 0. The lowest BCUT2D eigenvalue weighted by atomic mass is 10.0. The number of Topliss-reactive ketones (excluding diaryl/α,β-unsaturated/α-hetero) is 1. The summed E-state index contributed by atoms with van der Waals surface area (Å²) < 4.78 is 11.0. The molecule has 7 heteroatoms. The molecule has 0 radical (unpaired) electrons. The van der Waals surface area contributed by atoms with Crippen LogP contribution in [0.4, 0.5) is 0 Å². The average Bonchev–Trinajstić information content (AvgIpc) is 2.96. The van der Waals surface area contributed by atoms with Crippen LogP contribution >= 0.6 is 0 Å². The molecule has 7 nitrogen and oxygen atoms in total. The molecule has 2 heterocycles. The van der Waals surface area contributed by atoms with E-state index in [9.17, 15) is 19.2 Å². The molecule has 0 N–H and O–H groups in total. The molecule has 3 aromatic rings. The molecule has 2 aromatic carbocycles. The molecule has 0 aliphatic carbocycles. The standard InChI is InChI=1S/C23H19NO6/c1-12(25)11-29-19-9-8-15-13(2)18(23(28)30-20(15)14(19)3)10-24-21(26)16-6-4-5-7-17(16)22(24)27/h4-9H,10-11H2,1-3H3. The molecular weight excluding hydrogens is 386 g/mol. The van der Waals surface area contributed by atoms with Gasteiger partial charge < -0.3 is 9.15 Å². The molecule has 2 amide bonds. The Hall–Kier alpha value is -3.74. The molecule has 152 valence electrons. The van der Waals surface area contributed by atoms with Gasteiger partial charge in [-0.3, -0.25) is 19.3 Å². The summed E-state index contributed by atoms with van der Waals surface area (Å²) in [6.45, 7) is 4.67. The van der Waals surface area contributed by atoms with Crippen molar-refractivity contribution in [1.29, 1.82) is 0 Å². The van der Waals surface area contributed by atoms with E-state index in [1.807, 2.05) is 0 Å². The molecule has 0 saturated heterocycles. The SMILES string of the molecule is CC(=O)COc1ccc2c(C)c(CN3C(=O)c4ccccc4C3=O)c(=O)oc2c1C. The monoisotopic (exact) mass is 405 g/mol. The average molecular weight is 405 g/mol. The summed E-state index contributed by atoms with van der Waals surface area (Å²) in [7, 11) is 0. The van der Waals surface area contributed by atoms with Crippen LogP contribution in [-0.4, -0.2) is 29.1 Å². The highest BCUT2D eigenvalue weighted by atomic mass is 16.5. The van der Waals surface area contributed by atoms with Crippen LogP contribution < -0.4 is 10.4 Å². The van der Waals surface area contributed by atoms with Crippen molar-refractivity contribution >= 4 is 28.6 Å². The molecule has 0 saturated carbocycles. The number of fused-ring (bicyclic) bond motifs is 2. The first kappa shape index (κ1) is 19.6. The number of hydrogen-bond donors (Lipinski definition) is 0. The van der Waals surface area contributed by atoms with Crippen molar-refractivity contribution in [3.63, 3.8) is 0 Å². The maximum atomic E-state index is 12.7. The molecule has 0 unspecified atom stereocenters. The van der Waals surface area contributed by atoms with E-state index in [0.717, 1.165) is 4.90 Å². The van der Waals surface area contributed by atoms with Crippen molar-refractivity contribution < 1.29 is 23.5 Å². The first-order valence-electron chi connectivity index (χ1n) is 9.43. The quantitative estimate of drug-likeness (QED) is 0.478. The predicted octanol–water partition coefficient (Wildman–Crippen LogP) is 3.17. The zero-order valence-electron chi connectivity index (χ0n) is 16.8. The maximum Gasteiger partial charge on any atom is 0.341 e. The highest BCUT2D eigenvalue weighted by Crippen LogP contribution is 2.31. The van der Waals surface area contributed by atoms with Gasteiger partial charge in [0.15, 0.2) is 5.78 Å². The molecule has 1 aromatic heterocycles. The molecule has 0 bridgehead atoms. The summed E-state index contributed by atoms with van der Waals surface area (Å²) in [4.78, 5) is 50.3. The van der Waals surface area contributed by atoms with Gasteiger partial charge in [-0.25, -0.2) is 4.79 Å². The number of benzene rings is 2. The fraction of sp³-hybridized carbons (Fsp3) is 0.217. The van der Waals surface area contributed by atoms with E-state index in [4.69, 9.17) is 9.15 Å². The number of carbonyl (C=O) groups excluding carboxylic acids is 3. The largest absolute Gasteiger partial charge is 0.485 e. The summed E-state index contributed by atoms with van der Waals surface area (Å²) in [5.41, 5.74) is 1.85. The number of amides is 2. The lowest BCUT2D eigenvalue weighted by molar-refractivity contribution is -0.118. The molecule has 0 fully saturated rings. The van der Waals surface area contributed by atoms with Gasteiger partial charge in [-0.1, -0.05) is 12.1 Å². The maximum absolute atomic E-state index is 12.7. The fourth-order valence-electron chi connectivity index (χ4n) is 3.63. The zero-order chi connectivity index (χ0) is 21.6. The number of hydrogen-bond acceptors (Lipinski definition) is 6. The smallest absolute Gasteiger partial charge is 0.341 e. The second-order valence-corrected chi connectivity index (χ2v) is 7.29. The van der Waals surface area contributed by atoms with Gasteiger partial charge in [0.2, 0.25) is 0 Å². The third-order valence-electron chi connectivity index (χ3n) is 5.28. The van der Waals surface area contributed by atoms with Crippen LogP contribution in [0.3, 0.4) is 0 Å². The number of aryl methyl sites for hydroxylation is 2. The van der Waals surface area contributed by atoms with Crippen molar-refractivity contribution in [2.75, 3.05) is 6.61 Å². The van der Waals surface area contributed by atoms with E-state index in [1.54, 1.807) is 50.2 Å². The van der Waals surface area contributed by atoms with Crippen molar-refractivity contribution in [2.45, 2.75) is 27.3 Å². The summed E-state index contributed by atoms with van der Waals surface area (Å²) in [6.07, 6.45) is 0. The number of rotatable bonds is 5. The third kappa shape index (κ3) is 3.08. The first-order valence-corrected chi connectivity index (χ1v) is 9.43. The van der Waals surface area contributed by atoms with Crippen LogP contribution in [0.1, 0.15) is 44.3 Å². The third-order valence-corrected chi connectivity index (χ3v) is 5.28. The summed E-state index contributed by atoms with van der Waals surface area (Å²) in [6, 6.07) is 10.0. The molecule has 0 atom stereocenters. The molecule has 0 spiro atoms. The minimum Gasteiger partial charge on any atom is -0.485 e. The second kappa shape index (κ2) is 7.26. The van der Waals surface area contributed by atoms with Gasteiger partial charge in [0.25, 0.3) is 11.8 Å². The first-order chi connectivity index (χ1) is 14.3. The van der Waals surface area contributed by atoms with Gasteiger partial charge in [-0.05, 0) is 50.6 Å². The van der Waals surface area contributed by atoms with Crippen LogP contribution in [0.2, 0.25) is 0 Å². The summed E-state index contributed by atoms with van der Waals surface area (Å²) in [5, 5.41) is 0.675. The Morgan fingerprint density at radius 2 is 1.60 bits per heavy atom. The summed E-state index contributed by atoms with van der Waals surface area (Å²) in [5.74, 6) is -0.533. The number of ether oxygens (including phenoxy) is 1. The second-order valence-electron chi connectivity index (χ2n) is 7.29. The number of nitrogens with zero attached hydrogens (tertiary/aromatic N) is 1. The van der Waals surface area contributed by atoms with Gasteiger partial charge in [-0.2, -0.15) is 0 Å². The van der Waals surface area contributed by atoms with E-state index in [-0.39, 0.29) is 24.5 Å². The van der Waals surface area contributed by atoms with Gasteiger partial charge in [0.1, 0.15) is 17.9 Å². The molecular formula is C23H19NO6. The highest BCUT2D eigenvalue weighted by molar-refractivity contribution is 6.21. The van der Waals surface area contributed by atoms with Gasteiger partial charge in [0, 0.05) is 10.9 Å². The Bertz CT molecular complexity index is 1250. The van der Waals surface area contributed by atoms with Crippen molar-refractivity contribution in [3.05, 3.63) is 74.6 Å². The topological polar surface area (TPSA) is 93.9 Å². The van der Waals surface area contributed by atoms with Gasteiger partial charge >= 0.3 is 5.63 Å². The molecule has 4 rings (SSSR count). The van der Waals surface area contributed by atoms with E-state index < -0.39 is 17.4 Å². The Labute approximate surface area is 171 Å². The fourth-order valence-corrected chi connectivity index (χ4v) is 3.63.